The maximum atomic E-state index is 5.03. The normalized spacial score (nSPS) is 11.2. The summed E-state index contributed by atoms with van der Waals surface area (Å²) in [5.41, 5.74) is 8.65. The van der Waals surface area contributed by atoms with E-state index in [4.69, 9.17) is 9.97 Å². The van der Waals surface area contributed by atoms with Gasteiger partial charge in [0.1, 0.15) is 0 Å². The van der Waals surface area contributed by atoms with Gasteiger partial charge < -0.3 is 0 Å². The van der Waals surface area contributed by atoms with Gasteiger partial charge in [-0.15, -0.1) is 22.7 Å². The summed E-state index contributed by atoms with van der Waals surface area (Å²) in [6.07, 6.45) is 0. The van der Waals surface area contributed by atoms with E-state index in [1.165, 1.54) is 30.6 Å². The van der Waals surface area contributed by atoms with Crippen molar-refractivity contribution in [3.63, 3.8) is 0 Å². The van der Waals surface area contributed by atoms with E-state index >= 15 is 0 Å². The molecule has 164 valence electrons. The predicted molar refractivity (Wildman–Crippen MR) is 147 cm³/mol. The van der Waals surface area contributed by atoms with Crippen LogP contribution in [-0.4, -0.2) is 9.97 Å². The number of nitrogens with zero attached hydrogens (tertiary/aromatic N) is 2. The predicted octanol–water partition coefficient (Wildman–Crippen LogP) is 9.04. The average Bonchev–Trinajstić information content (AvgIpc) is 3.56. The summed E-state index contributed by atoms with van der Waals surface area (Å²) in [5.74, 6) is 0. The van der Waals surface area contributed by atoms with E-state index < -0.39 is 0 Å². The van der Waals surface area contributed by atoms with Crippen LogP contribution in [0.25, 0.3) is 52.8 Å². The van der Waals surface area contributed by atoms with Crippen molar-refractivity contribution in [2.45, 2.75) is 13.8 Å². The van der Waals surface area contributed by atoms with Gasteiger partial charge in [-0.2, -0.15) is 0 Å². The second-order valence-electron chi connectivity index (χ2n) is 8.31. The molecule has 6 rings (SSSR count). The molecule has 0 radical (unpaired) electrons. The Morgan fingerprint density at radius 2 is 0.824 bits per heavy atom. The number of benzene rings is 3. The van der Waals surface area contributed by atoms with Crippen LogP contribution >= 0.6 is 22.7 Å². The van der Waals surface area contributed by atoms with Crippen molar-refractivity contribution in [1.82, 2.24) is 9.97 Å². The molecule has 0 saturated carbocycles. The molecule has 0 saturated heterocycles. The van der Waals surface area contributed by atoms with Gasteiger partial charge in [0.25, 0.3) is 0 Å². The minimum atomic E-state index is 0.969. The van der Waals surface area contributed by atoms with Gasteiger partial charge in [0.2, 0.25) is 0 Å². The molecule has 0 atom stereocenters. The summed E-state index contributed by atoms with van der Waals surface area (Å²) in [7, 11) is 0. The molecule has 2 nitrogen and oxygen atoms in total. The molecule has 3 heterocycles. The molecule has 34 heavy (non-hydrogen) atoms. The molecule has 0 N–H and O–H groups in total. The Balaban J connectivity index is 1.49. The Morgan fingerprint density at radius 1 is 0.441 bits per heavy atom. The zero-order valence-electron chi connectivity index (χ0n) is 18.9. The summed E-state index contributed by atoms with van der Waals surface area (Å²) in [6, 6.07) is 34.3. The number of thiophene rings is 2. The number of aromatic nitrogens is 2. The summed E-state index contributed by atoms with van der Waals surface area (Å²) in [6.45, 7) is 4.08. The fourth-order valence-electron chi connectivity index (χ4n) is 4.18. The highest BCUT2D eigenvalue weighted by atomic mass is 32.1. The highest BCUT2D eigenvalue weighted by Crippen LogP contribution is 2.42. The molecule has 3 aromatic heterocycles. The van der Waals surface area contributed by atoms with Gasteiger partial charge in [0.05, 0.1) is 22.4 Å². The van der Waals surface area contributed by atoms with Crippen molar-refractivity contribution in [2.24, 2.45) is 0 Å². The monoisotopic (exact) mass is 474 g/mol. The first-order chi connectivity index (χ1) is 16.7. The number of fused-ring (bicyclic) bond motifs is 1. The van der Waals surface area contributed by atoms with Crippen molar-refractivity contribution in [3.05, 3.63) is 108 Å². The molecule has 0 aliphatic carbocycles. The minimum Gasteiger partial charge on any atom is -0.249 e. The van der Waals surface area contributed by atoms with E-state index in [0.29, 0.717) is 0 Å². The lowest BCUT2D eigenvalue weighted by Crippen LogP contribution is -1.96. The smallest absolute Gasteiger partial charge is 0.0983 e. The topological polar surface area (TPSA) is 25.8 Å². The largest absolute Gasteiger partial charge is 0.249 e. The molecule has 3 aromatic carbocycles. The van der Waals surface area contributed by atoms with Crippen molar-refractivity contribution < 1.29 is 0 Å². The van der Waals surface area contributed by atoms with Crippen molar-refractivity contribution >= 4 is 33.7 Å². The van der Waals surface area contributed by atoms with Gasteiger partial charge in [-0.3, -0.25) is 0 Å². The summed E-state index contributed by atoms with van der Waals surface area (Å²) in [4.78, 5) is 15.0. The zero-order valence-corrected chi connectivity index (χ0v) is 20.6. The molecular formula is C30H22N2S2. The molecule has 6 aromatic rings. The van der Waals surface area contributed by atoms with E-state index in [2.05, 4.69) is 97.1 Å². The Bertz CT molecular complexity index is 1490. The van der Waals surface area contributed by atoms with Crippen LogP contribution in [0.15, 0.2) is 97.1 Å². The van der Waals surface area contributed by atoms with Gasteiger partial charge in [-0.1, -0.05) is 72.8 Å². The molecule has 0 bridgehead atoms. The fraction of sp³-hybridized carbons (Fsp3) is 0.0667. The fourth-order valence-corrected chi connectivity index (χ4v) is 6.26. The van der Waals surface area contributed by atoms with Crippen LogP contribution < -0.4 is 0 Å². The van der Waals surface area contributed by atoms with Crippen LogP contribution in [0.1, 0.15) is 11.4 Å². The lowest BCUT2D eigenvalue weighted by Gasteiger charge is -2.11. The van der Waals surface area contributed by atoms with E-state index in [0.717, 1.165) is 33.5 Å². The van der Waals surface area contributed by atoms with Crippen LogP contribution in [0.4, 0.5) is 0 Å². The lowest BCUT2D eigenvalue weighted by molar-refractivity contribution is 1.10. The Morgan fingerprint density at radius 3 is 1.24 bits per heavy atom. The third-order valence-corrected chi connectivity index (χ3v) is 8.43. The number of rotatable bonds is 4. The Labute approximate surface area is 207 Å². The van der Waals surface area contributed by atoms with E-state index in [1.54, 1.807) is 22.7 Å². The summed E-state index contributed by atoms with van der Waals surface area (Å²) < 4.78 is 0. The molecule has 4 heteroatoms. The standard InChI is InChI=1S/C30H22N2S2/c1-19-20(2)32-30-24(28-18-16-26(34-28)22-11-7-4-8-12-22)14-13-23(29(30)31-19)27-17-15-25(33-27)21-9-5-3-6-10-21/h3-18H,1-2H3. The first kappa shape index (κ1) is 21.0. The van der Waals surface area contributed by atoms with Crippen molar-refractivity contribution in [1.29, 1.82) is 0 Å². The highest BCUT2D eigenvalue weighted by molar-refractivity contribution is 7.19. The summed E-state index contributed by atoms with van der Waals surface area (Å²) >= 11 is 3.60. The highest BCUT2D eigenvalue weighted by Gasteiger charge is 2.17. The van der Waals surface area contributed by atoms with Crippen LogP contribution in [0, 0.1) is 13.8 Å². The quantitative estimate of drug-likeness (QED) is 0.255. The first-order valence-corrected chi connectivity index (χ1v) is 12.9. The Kier molecular flexibility index (Phi) is 5.33. The van der Waals surface area contributed by atoms with Crippen molar-refractivity contribution in [3.8, 4) is 41.8 Å². The van der Waals surface area contributed by atoms with Crippen LogP contribution in [-0.2, 0) is 0 Å². The van der Waals surface area contributed by atoms with Gasteiger partial charge in [0, 0.05) is 30.6 Å². The van der Waals surface area contributed by atoms with E-state index in [-0.39, 0.29) is 0 Å². The van der Waals surface area contributed by atoms with Gasteiger partial charge in [-0.05, 0) is 49.2 Å². The second-order valence-corrected chi connectivity index (χ2v) is 10.5. The van der Waals surface area contributed by atoms with Gasteiger partial charge >= 0.3 is 0 Å². The van der Waals surface area contributed by atoms with Gasteiger partial charge in [-0.25, -0.2) is 9.97 Å². The van der Waals surface area contributed by atoms with Crippen LogP contribution in [0.2, 0.25) is 0 Å². The average molecular weight is 475 g/mol. The summed E-state index contributed by atoms with van der Waals surface area (Å²) in [5, 5.41) is 0. The molecule has 0 spiro atoms. The Hall–Kier alpha value is -3.60. The molecule has 0 aliphatic rings. The maximum absolute atomic E-state index is 5.03. The van der Waals surface area contributed by atoms with E-state index in [1.807, 2.05) is 13.8 Å². The first-order valence-electron chi connectivity index (χ1n) is 11.3. The molecule has 0 aliphatic heterocycles. The lowest BCUT2D eigenvalue weighted by atomic mass is 10.0. The third kappa shape index (κ3) is 3.75. The number of aryl methyl sites for hydroxylation is 2. The molecular weight excluding hydrogens is 452 g/mol. The second kappa shape index (κ2) is 8.64. The SMILES string of the molecule is Cc1nc2c(-c3ccc(-c4ccccc4)s3)ccc(-c3ccc(-c4ccccc4)s3)c2nc1C. The molecule has 0 amide bonds. The zero-order chi connectivity index (χ0) is 23.1. The van der Waals surface area contributed by atoms with Crippen LogP contribution in [0.3, 0.4) is 0 Å². The molecule has 0 unspecified atom stereocenters. The van der Waals surface area contributed by atoms with Crippen LogP contribution in [0.5, 0.6) is 0 Å². The molecule has 0 fully saturated rings. The van der Waals surface area contributed by atoms with Crippen molar-refractivity contribution in [2.75, 3.05) is 0 Å². The number of hydrogen-bond acceptors (Lipinski definition) is 4. The number of hydrogen-bond donors (Lipinski definition) is 0. The third-order valence-electron chi connectivity index (χ3n) is 6.09. The van der Waals surface area contributed by atoms with E-state index in [9.17, 15) is 0 Å². The minimum absolute atomic E-state index is 0.969. The van der Waals surface area contributed by atoms with Gasteiger partial charge in [0.15, 0.2) is 0 Å². The maximum Gasteiger partial charge on any atom is 0.0983 e.